The highest BCUT2D eigenvalue weighted by Crippen LogP contribution is 2.70. The van der Waals surface area contributed by atoms with Crippen molar-refractivity contribution in [3.05, 3.63) is 0 Å². The van der Waals surface area contributed by atoms with Gasteiger partial charge in [0, 0.05) is 17.8 Å². The molecular weight excluding hydrogens is 326 g/mol. The molecule has 4 fully saturated rings. The summed E-state index contributed by atoms with van der Waals surface area (Å²) in [5, 5.41) is 3.15. The lowest BCUT2D eigenvalue weighted by atomic mass is 9.40. The van der Waals surface area contributed by atoms with E-state index in [2.05, 4.69) is 42.0 Å². The molecule has 1 N–H and O–H groups in total. The largest absolute Gasteiger partial charge is 0.355 e. The van der Waals surface area contributed by atoms with Crippen LogP contribution in [0.25, 0.3) is 0 Å². The summed E-state index contributed by atoms with van der Waals surface area (Å²) in [6.45, 7) is 7.87. The van der Waals surface area contributed by atoms with Gasteiger partial charge in [-0.25, -0.2) is 0 Å². The Labute approximate surface area is 138 Å². The molecule has 0 aromatic carbocycles. The third-order valence-electron chi connectivity index (χ3n) is 6.24. The van der Waals surface area contributed by atoms with Crippen molar-refractivity contribution in [1.29, 1.82) is 0 Å². The Kier molecular flexibility index (Phi) is 3.96. The summed E-state index contributed by atoms with van der Waals surface area (Å²) in [6.07, 6.45) is 9.89. The summed E-state index contributed by atoms with van der Waals surface area (Å²) < 4.78 is 0. The van der Waals surface area contributed by atoms with Crippen LogP contribution >= 0.6 is 15.9 Å². The van der Waals surface area contributed by atoms with Gasteiger partial charge in [0.25, 0.3) is 0 Å². The Hall–Kier alpha value is -0.0500. The Bertz CT molecular complexity index is 417. The van der Waals surface area contributed by atoms with Crippen LogP contribution < -0.4 is 5.32 Å². The van der Waals surface area contributed by atoms with Gasteiger partial charge < -0.3 is 5.32 Å². The van der Waals surface area contributed by atoms with Gasteiger partial charge in [-0.3, -0.25) is 4.79 Å². The predicted octanol–water partition coefficient (Wildman–Crippen LogP) is 4.66. The highest BCUT2D eigenvalue weighted by Gasteiger charge is 2.60. The molecule has 4 aliphatic rings. The first-order chi connectivity index (χ1) is 9.76. The van der Waals surface area contributed by atoms with Crippen LogP contribution in [-0.4, -0.2) is 17.3 Å². The molecule has 4 aliphatic carbocycles. The van der Waals surface area contributed by atoms with Crippen molar-refractivity contribution in [2.75, 3.05) is 6.54 Å². The Morgan fingerprint density at radius 2 is 1.81 bits per heavy atom. The number of carbonyl (C=O) groups is 1. The fourth-order valence-corrected chi connectivity index (χ4v) is 6.82. The number of carbonyl (C=O) groups excluding carboxylic acids is 1. The van der Waals surface area contributed by atoms with Crippen molar-refractivity contribution in [2.24, 2.45) is 22.2 Å². The average molecular weight is 356 g/mol. The van der Waals surface area contributed by atoms with Crippen LogP contribution in [0, 0.1) is 22.2 Å². The van der Waals surface area contributed by atoms with E-state index in [0.29, 0.717) is 21.1 Å². The van der Waals surface area contributed by atoms with Gasteiger partial charge in [-0.15, -0.1) is 0 Å². The molecule has 4 bridgehead atoms. The third kappa shape index (κ3) is 3.18. The van der Waals surface area contributed by atoms with Crippen LogP contribution in [0.2, 0.25) is 0 Å². The first kappa shape index (κ1) is 15.8. The van der Waals surface area contributed by atoms with E-state index in [1.807, 2.05) is 0 Å². The molecule has 21 heavy (non-hydrogen) atoms. The van der Waals surface area contributed by atoms with Crippen molar-refractivity contribution >= 4 is 21.8 Å². The lowest BCUT2D eigenvalue weighted by molar-refractivity contribution is -0.156. The number of alkyl halides is 1. The molecule has 0 heterocycles. The van der Waals surface area contributed by atoms with Gasteiger partial charge in [0.2, 0.25) is 5.91 Å². The van der Waals surface area contributed by atoms with Gasteiger partial charge in [-0.2, -0.15) is 0 Å². The maximum atomic E-state index is 12.4. The minimum atomic E-state index is 0.280. The van der Waals surface area contributed by atoms with Gasteiger partial charge in [-0.05, 0) is 67.1 Å². The summed E-state index contributed by atoms with van der Waals surface area (Å²) in [5.41, 5.74) is 1.33. The van der Waals surface area contributed by atoms with E-state index >= 15 is 0 Å². The predicted molar refractivity (Wildman–Crippen MR) is 90.5 cm³/mol. The summed E-state index contributed by atoms with van der Waals surface area (Å²) >= 11 is 3.60. The lowest BCUT2D eigenvalue weighted by Gasteiger charge is -2.65. The zero-order valence-corrected chi connectivity index (χ0v) is 15.4. The highest BCUT2D eigenvalue weighted by atomic mass is 79.9. The van der Waals surface area contributed by atoms with Gasteiger partial charge >= 0.3 is 0 Å². The molecule has 0 aromatic heterocycles. The van der Waals surface area contributed by atoms with Gasteiger partial charge in [0.15, 0.2) is 0 Å². The molecule has 3 heteroatoms. The van der Waals surface area contributed by atoms with Crippen molar-refractivity contribution < 1.29 is 4.79 Å². The second-order valence-corrected chi connectivity index (χ2v) is 10.4. The minimum absolute atomic E-state index is 0.280. The summed E-state index contributed by atoms with van der Waals surface area (Å²) in [5.74, 6) is 1.16. The number of amides is 1. The summed E-state index contributed by atoms with van der Waals surface area (Å²) in [4.78, 5) is 12.8. The van der Waals surface area contributed by atoms with Crippen molar-refractivity contribution in [3.8, 4) is 0 Å². The topological polar surface area (TPSA) is 29.1 Å². The van der Waals surface area contributed by atoms with Gasteiger partial charge in [0.1, 0.15) is 0 Å². The van der Waals surface area contributed by atoms with Gasteiger partial charge in [0.05, 0.1) is 0 Å². The number of nitrogens with one attached hydrogen (secondary N) is 1. The van der Waals surface area contributed by atoms with Crippen LogP contribution in [0.15, 0.2) is 0 Å². The van der Waals surface area contributed by atoms with E-state index in [0.717, 1.165) is 25.3 Å². The van der Waals surface area contributed by atoms with E-state index in [9.17, 15) is 4.79 Å². The van der Waals surface area contributed by atoms with E-state index in [1.165, 1.54) is 38.5 Å². The van der Waals surface area contributed by atoms with E-state index in [4.69, 9.17) is 0 Å². The molecule has 3 unspecified atom stereocenters. The number of halogens is 1. The fraction of sp³-hybridized carbons (Fsp3) is 0.944. The molecule has 2 nitrogen and oxygen atoms in total. The summed E-state index contributed by atoms with van der Waals surface area (Å²) in [6, 6.07) is 0. The van der Waals surface area contributed by atoms with Crippen molar-refractivity contribution in [1.82, 2.24) is 5.32 Å². The quantitative estimate of drug-likeness (QED) is 0.713. The first-order valence-electron chi connectivity index (χ1n) is 8.66. The maximum absolute atomic E-state index is 12.4. The normalized spacial score (nSPS) is 45.6. The molecular formula is C18H30BrNO. The molecule has 120 valence electrons. The van der Waals surface area contributed by atoms with E-state index < -0.39 is 0 Å². The second kappa shape index (κ2) is 5.25. The SMILES string of the molecule is CCC(Br)CNC(=O)CC12CC3CC(C)(CC(C)(C3)C1)C2. The highest BCUT2D eigenvalue weighted by molar-refractivity contribution is 9.09. The van der Waals surface area contributed by atoms with Crippen molar-refractivity contribution in [2.45, 2.75) is 77.0 Å². The molecule has 0 saturated heterocycles. The molecule has 0 spiro atoms. The summed E-state index contributed by atoms with van der Waals surface area (Å²) in [7, 11) is 0. The van der Waals surface area contributed by atoms with E-state index in [1.54, 1.807) is 0 Å². The van der Waals surface area contributed by atoms with Crippen LogP contribution in [0.3, 0.4) is 0 Å². The molecule has 4 saturated carbocycles. The number of hydrogen-bond donors (Lipinski definition) is 1. The van der Waals surface area contributed by atoms with Crippen LogP contribution in [0.1, 0.15) is 72.1 Å². The second-order valence-electron chi connectivity index (χ2n) is 9.12. The molecule has 3 atom stereocenters. The minimum Gasteiger partial charge on any atom is -0.355 e. The zero-order chi connectivity index (χ0) is 15.3. The lowest BCUT2D eigenvalue weighted by Crippen LogP contribution is -2.56. The van der Waals surface area contributed by atoms with E-state index in [-0.39, 0.29) is 5.91 Å². The molecule has 0 aliphatic heterocycles. The van der Waals surface area contributed by atoms with Gasteiger partial charge in [-0.1, -0.05) is 36.7 Å². The smallest absolute Gasteiger partial charge is 0.220 e. The number of rotatable bonds is 5. The Morgan fingerprint density at radius 1 is 1.19 bits per heavy atom. The zero-order valence-electron chi connectivity index (χ0n) is 13.8. The molecule has 0 radical (unpaired) electrons. The van der Waals surface area contributed by atoms with Crippen LogP contribution in [-0.2, 0) is 4.79 Å². The first-order valence-corrected chi connectivity index (χ1v) is 9.58. The maximum Gasteiger partial charge on any atom is 0.220 e. The van der Waals surface area contributed by atoms with Crippen LogP contribution in [0.4, 0.5) is 0 Å². The molecule has 0 aromatic rings. The Balaban J connectivity index is 1.66. The average Bonchev–Trinajstić information content (AvgIpc) is 2.30. The molecule has 1 amide bonds. The standard InChI is InChI=1S/C18H30BrNO/c1-4-14(19)9-20-15(21)8-18-7-13-5-16(2,11-18)10-17(3,6-13)12-18/h13-14H,4-12H2,1-3H3,(H,20,21). The number of hydrogen-bond acceptors (Lipinski definition) is 1. The van der Waals surface area contributed by atoms with Crippen LogP contribution in [0.5, 0.6) is 0 Å². The monoisotopic (exact) mass is 355 g/mol. The van der Waals surface area contributed by atoms with Crippen molar-refractivity contribution in [3.63, 3.8) is 0 Å². The fourth-order valence-electron chi connectivity index (χ4n) is 6.65. The Morgan fingerprint density at radius 3 is 2.33 bits per heavy atom. The third-order valence-corrected chi connectivity index (χ3v) is 7.21. The molecule has 4 rings (SSSR count).